The second kappa shape index (κ2) is 7.08. The maximum atomic E-state index is 12.7. The average Bonchev–Trinajstić information content (AvgIpc) is 2.65. The van der Waals surface area contributed by atoms with Gasteiger partial charge in [-0.25, -0.2) is 13.1 Å². The smallest absolute Gasteiger partial charge is 0.243 e. The molecule has 1 aromatic heterocycles. The largest absolute Gasteiger partial charge is 0.493 e. The van der Waals surface area contributed by atoms with E-state index in [9.17, 15) is 8.42 Å². The van der Waals surface area contributed by atoms with Crippen molar-refractivity contribution in [1.82, 2.24) is 9.71 Å². The van der Waals surface area contributed by atoms with E-state index >= 15 is 0 Å². The zero-order valence-corrected chi connectivity index (χ0v) is 14.7. The summed E-state index contributed by atoms with van der Waals surface area (Å²) in [6.45, 7) is 0.131. The highest BCUT2D eigenvalue weighted by atomic mass is 32.2. The Balaban J connectivity index is 1.87. The Bertz CT molecular complexity index is 998. The zero-order valence-electron chi connectivity index (χ0n) is 13.9. The number of fused-ring (bicyclic) bond motifs is 1. The third-order valence-corrected chi connectivity index (χ3v) is 5.23. The zero-order chi connectivity index (χ0) is 17.9. The lowest BCUT2D eigenvalue weighted by atomic mass is 10.2. The Labute approximate surface area is 146 Å². The third-order valence-electron chi connectivity index (χ3n) is 3.80. The number of nitrogens with one attached hydrogen (secondary N) is 1. The van der Waals surface area contributed by atoms with Gasteiger partial charge in [-0.3, -0.25) is 4.98 Å². The molecule has 0 bridgehead atoms. The summed E-state index contributed by atoms with van der Waals surface area (Å²) in [5.41, 5.74) is 1.21. The lowest BCUT2D eigenvalue weighted by Gasteiger charge is -2.11. The number of pyridine rings is 1. The predicted octanol–water partition coefficient (Wildman–Crippen LogP) is 2.73. The van der Waals surface area contributed by atoms with Gasteiger partial charge in [0.05, 0.1) is 19.7 Å². The summed E-state index contributed by atoms with van der Waals surface area (Å²) < 4.78 is 38.4. The first kappa shape index (κ1) is 17.2. The molecule has 1 heterocycles. The van der Waals surface area contributed by atoms with Gasteiger partial charge in [0.15, 0.2) is 11.5 Å². The van der Waals surface area contributed by atoms with Crippen LogP contribution >= 0.6 is 0 Å². The van der Waals surface area contributed by atoms with E-state index in [-0.39, 0.29) is 11.4 Å². The Kier molecular flexibility index (Phi) is 4.87. The summed E-state index contributed by atoms with van der Waals surface area (Å²) in [5, 5.41) is 0.775. The molecule has 3 aromatic rings. The number of aromatic nitrogens is 1. The van der Waals surface area contributed by atoms with Crippen LogP contribution in [0, 0.1) is 0 Å². The van der Waals surface area contributed by atoms with Gasteiger partial charge in [0.1, 0.15) is 4.90 Å². The minimum Gasteiger partial charge on any atom is -0.493 e. The number of nitrogens with zero attached hydrogens (tertiary/aromatic N) is 1. The summed E-state index contributed by atoms with van der Waals surface area (Å²) in [5.74, 6) is 1.14. The Morgan fingerprint density at radius 1 is 1.00 bits per heavy atom. The molecule has 0 amide bonds. The molecular weight excluding hydrogens is 340 g/mol. The van der Waals surface area contributed by atoms with Crippen molar-refractivity contribution in [3.8, 4) is 11.5 Å². The van der Waals surface area contributed by atoms with Crippen molar-refractivity contribution in [1.29, 1.82) is 0 Å². The molecule has 0 radical (unpaired) electrons. The van der Waals surface area contributed by atoms with Crippen LogP contribution in [0.4, 0.5) is 0 Å². The number of para-hydroxylation sites is 1. The van der Waals surface area contributed by atoms with E-state index in [1.54, 1.807) is 49.7 Å². The average molecular weight is 358 g/mol. The molecule has 0 spiro atoms. The van der Waals surface area contributed by atoms with E-state index in [0.717, 1.165) is 10.9 Å². The summed E-state index contributed by atoms with van der Waals surface area (Å²) in [6.07, 6.45) is 1.58. The molecule has 0 aliphatic carbocycles. The van der Waals surface area contributed by atoms with Crippen LogP contribution in [-0.4, -0.2) is 27.6 Å². The van der Waals surface area contributed by atoms with Crippen molar-refractivity contribution in [2.24, 2.45) is 0 Å². The van der Waals surface area contributed by atoms with E-state index in [4.69, 9.17) is 9.47 Å². The molecule has 0 aliphatic rings. The summed E-state index contributed by atoms with van der Waals surface area (Å²) in [7, 11) is -0.620. The lowest BCUT2D eigenvalue weighted by molar-refractivity contribution is 0.354. The second-order valence-corrected chi connectivity index (χ2v) is 7.08. The maximum Gasteiger partial charge on any atom is 0.243 e. The Morgan fingerprint density at radius 3 is 2.52 bits per heavy atom. The van der Waals surface area contributed by atoms with E-state index in [1.165, 1.54) is 7.11 Å². The molecule has 0 unspecified atom stereocenters. The van der Waals surface area contributed by atoms with Gasteiger partial charge in [-0.15, -0.1) is 0 Å². The molecular formula is C18H18N2O4S. The van der Waals surface area contributed by atoms with Crippen molar-refractivity contribution in [2.75, 3.05) is 14.2 Å². The maximum absolute atomic E-state index is 12.7. The van der Waals surface area contributed by atoms with Crippen molar-refractivity contribution >= 4 is 20.9 Å². The quantitative estimate of drug-likeness (QED) is 0.733. The molecule has 1 N–H and O–H groups in total. The standard InChI is InChI=1S/C18H18N2O4S/c1-23-15-9-8-13(11-16(15)24-2)12-20-25(21,22)17-7-3-5-14-6-4-10-19-18(14)17/h3-11,20H,12H2,1-2H3. The van der Waals surface area contributed by atoms with Crippen molar-refractivity contribution in [3.05, 3.63) is 60.3 Å². The molecule has 0 fully saturated rings. The van der Waals surface area contributed by atoms with Gasteiger partial charge in [0.25, 0.3) is 0 Å². The van der Waals surface area contributed by atoms with Gasteiger partial charge >= 0.3 is 0 Å². The van der Waals surface area contributed by atoms with E-state index in [1.807, 2.05) is 12.1 Å². The third kappa shape index (κ3) is 3.57. The minimum absolute atomic E-state index is 0.131. The molecule has 0 atom stereocenters. The number of hydrogen-bond donors (Lipinski definition) is 1. The van der Waals surface area contributed by atoms with Crippen LogP contribution < -0.4 is 14.2 Å². The molecule has 3 rings (SSSR count). The Hall–Kier alpha value is -2.64. The molecule has 130 valence electrons. The predicted molar refractivity (Wildman–Crippen MR) is 95.3 cm³/mol. The second-order valence-electron chi connectivity index (χ2n) is 5.35. The molecule has 6 nitrogen and oxygen atoms in total. The fourth-order valence-corrected chi connectivity index (χ4v) is 3.73. The van der Waals surface area contributed by atoms with Gasteiger partial charge in [-0.05, 0) is 29.8 Å². The number of benzene rings is 2. The first-order valence-electron chi connectivity index (χ1n) is 7.59. The fraction of sp³-hybridized carbons (Fsp3) is 0.167. The van der Waals surface area contributed by atoms with E-state index in [0.29, 0.717) is 17.0 Å². The molecule has 25 heavy (non-hydrogen) atoms. The number of methoxy groups -OCH3 is 2. The SMILES string of the molecule is COc1ccc(CNS(=O)(=O)c2cccc3cccnc23)cc1OC. The summed E-state index contributed by atoms with van der Waals surface area (Å²) in [4.78, 5) is 4.36. The van der Waals surface area contributed by atoms with E-state index < -0.39 is 10.0 Å². The van der Waals surface area contributed by atoms with Gasteiger partial charge in [-0.2, -0.15) is 0 Å². The van der Waals surface area contributed by atoms with Crippen molar-refractivity contribution in [3.63, 3.8) is 0 Å². The molecule has 0 saturated carbocycles. The van der Waals surface area contributed by atoms with Crippen LogP contribution in [0.3, 0.4) is 0 Å². The van der Waals surface area contributed by atoms with E-state index in [2.05, 4.69) is 9.71 Å². The summed E-state index contributed by atoms with van der Waals surface area (Å²) >= 11 is 0. The van der Waals surface area contributed by atoms with Crippen LogP contribution in [-0.2, 0) is 16.6 Å². The highest BCUT2D eigenvalue weighted by molar-refractivity contribution is 7.89. The summed E-state index contributed by atoms with van der Waals surface area (Å²) in [6, 6.07) is 13.9. The number of rotatable bonds is 6. The minimum atomic E-state index is -3.70. The van der Waals surface area contributed by atoms with Crippen LogP contribution in [0.15, 0.2) is 59.6 Å². The van der Waals surface area contributed by atoms with Crippen molar-refractivity contribution in [2.45, 2.75) is 11.4 Å². The molecule has 0 saturated heterocycles. The normalized spacial score (nSPS) is 11.4. The van der Waals surface area contributed by atoms with Gasteiger partial charge < -0.3 is 9.47 Å². The van der Waals surface area contributed by atoms with Crippen LogP contribution in [0.2, 0.25) is 0 Å². The molecule has 0 aliphatic heterocycles. The topological polar surface area (TPSA) is 77.5 Å². The lowest BCUT2D eigenvalue weighted by Crippen LogP contribution is -2.23. The van der Waals surface area contributed by atoms with Crippen molar-refractivity contribution < 1.29 is 17.9 Å². The van der Waals surface area contributed by atoms with Gasteiger partial charge in [0.2, 0.25) is 10.0 Å². The van der Waals surface area contributed by atoms with Crippen LogP contribution in [0.5, 0.6) is 11.5 Å². The first-order chi connectivity index (χ1) is 12.0. The first-order valence-corrected chi connectivity index (χ1v) is 9.08. The number of hydrogen-bond acceptors (Lipinski definition) is 5. The Morgan fingerprint density at radius 2 is 1.76 bits per heavy atom. The monoisotopic (exact) mass is 358 g/mol. The van der Waals surface area contributed by atoms with Gasteiger partial charge in [0, 0.05) is 18.1 Å². The fourth-order valence-electron chi connectivity index (χ4n) is 2.54. The highest BCUT2D eigenvalue weighted by Crippen LogP contribution is 2.28. The highest BCUT2D eigenvalue weighted by Gasteiger charge is 2.18. The number of ether oxygens (including phenoxy) is 2. The van der Waals surface area contributed by atoms with Crippen LogP contribution in [0.1, 0.15) is 5.56 Å². The van der Waals surface area contributed by atoms with Gasteiger partial charge in [-0.1, -0.05) is 24.3 Å². The molecule has 2 aromatic carbocycles. The van der Waals surface area contributed by atoms with Crippen LogP contribution in [0.25, 0.3) is 10.9 Å². The number of sulfonamides is 1. The molecule has 7 heteroatoms.